The van der Waals surface area contributed by atoms with Crippen molar-refractivity contribution in [1.29, 1.82) is 0 Å². The minimum atomic E-state index is -4.23. The molecule has 0 atom stereocenters. The number of nitrogens with one attached hydrogen (secondary N) is 2. The normalized spacial score (nSPS) is 13.5. The van der Waals surface area contributed by atoms with Crippen LogP contribution in [0.25, 0.3) is 5.70 Å². The molecule has 0 radical (unpaired) electrons. The first-order chi connectivity index (χ1) is 16.1. The molecule has 9 heteroatoms. The van der Waals surface area contributed by atoms with Crippen LogP contribution in [0.3, 0.4) is 0 Å². The Bertz CT molecular complexity index is 1470. The fourth-order valence-electron chi connectivity index (χ4n) is 3.86. The van der Waals surface area contributed by atoms with Crippen LogP contribution in [0.1, 0.15) is 38.8 Å². The highest BCUT2D eigenvalue weighted by Gasteiger charge is 2.40. The van der Waals surface area contributed by atoms with Crippen molar-refractivity contribution >= 4 is 38.9 Å². The Morgan fingerprint density at radius 2 is 1.41 bits per heavy atom. The van der Waals surface area contributed by atoms with Crippen LogP contribution in [0.15, 0.2) is 77.6 Å². The van der Waals surface area contributed by atoms with Crippen molar-refractivity contribution in [2.24, 2.45) is 0 Å². The number of rotatable bonds is 5. The van der Waals surface area contributed by atoms with Gasteiger partial charge in [0.25, 0.3) is 21.5 Å². The van der Waals surface area contributed by atoms with Gasteiger partial charge in [0.2, 0.25) is 11.7 Å². The summed E-state index contributed by atoms with van der Waals surface area (Å²) in [7, 11) is -4.23. The summed E-state index contributed by atoms with van der Waals surface area (Å²) in [6.07, 6.45) is 3.33. The van der Waals surface area contributed by atoms with Crippen molar-refractivity contribution in [1.82, 2.24) is 4.72 Å². The predicted molar refractivity (Wildman–Crippen MR) is 125 cm³/mol. The summed E-state index contributed by atoms with van der Waals surface area (Å²) in [4.78, 5) is 38.0. The van der Waals surface area contributed by atoms with E-state index in [0.717, 1.165) is 11.1 Å². The molecule has 172 valence electrons. The van der Waals surface area contributed by atoms with E-state index in [-0.39, 0.29) is 33.3 Å². The summed E-state index contributed by atoms with van der Waals surface area (Å²) in [5, 5.41) is 2.56. The monoisotopic (exact) mass is 476 g/mol. The third-order valence-electron chi connectivity index (χ3n) is 5.22. The molecule has 1 aliphatic carbocycles. The maximum absolute atomic E-state index is 13.5. The largest absolute Gasteiger partial charge is 0.326 e. The number of ketones is 2. The van der Waals surface area contributed by atoms with Crippen molar-refractivity contribution in [2.75, 3.05) is 5.32 Å². The van der Waals surface area contributed by atoms with Crippen LogP contribution in [0.4, 0.5) is 5.69 Å². The third kappa shape index (κ3) is 4.38. The second-order valence-electron chi connectivity index (χ2n) is 8.04. The molecule has 0 saturated carbocycles. The Balaban J connectivity index is 1.85. The van der Waals surface area contributed by atoms with Crippen LogP contribution >= 0.6 is 0 Å². The lowest BCUT2D eigenvalue weighted by Gasteiger charge is -2.19. The molecule has 3 aromatic rings. The summed E-state index contributed by atoms with van der Waals surface area (Å²) in [5.74, 6) is -1.36. The number of Topliss-reactive ketones (excluding diaryl/α,β-unsaturated/α-hetero) is 2. The standard InChI is InChI=1S/C25H21N3O5S/c1-15-12-16(2)14-28(13-15)23-22(24(30)20-6-4-5-7-21(20)25(23)31)27-34(32,33)19-10-8-18(9-11-19)26-17(3)29/h4-14H,1-3H3,(H-,26,27,29,31)/p+1. The molecule has 0 fully saturated rings. The number of hydrogen-bond acceptors (Lipinski definition) is 5. The zero-order chi connectivity index (χ0) is 24.6. The Labute approximate surface area is 197 Å². The number of nitrogens with zero attached hydrogens (tertiary/aromatic N) is 1. The molecule has 1 aromatic heterocycles. The van der Waals surface area contributed by atoms with E-state index in [1.807, 2.05) is 19.9 Å². The molecule has 1 heterocycles. The van der Waals surface area contributed by atoms with E-state index in [0.29, 0.717) is 5.69 Å². The lowest BCUT2D eigenvalue weighted by molar-refractivity contribution is -0.578. The Hall–Kier alpha value is -4.11. The van der Waals surface area contributed by atoms with E-state index in [1.165, 1.54) is 41.8 Å². The van der Waals surface area contributed by atoms with E-state index < -0.39 is 21.6 Å². The summed E-state index contributed by atoms with van der Waals surface area (Å²) in [5.41, 5.74) is 2.02. The first-order valence-corrected chi connectivity index (χ1v) is 11.9. The third-order valence-corrected chi connectivity index (χ3v) is 6.58. The quantitative estimate of drug-likeness (QED) is 0.550. The van der Waals surface area contributed by atoms with Gasteiger partial charge in [-0.2, -0.15) is 4.57 Å². The molecule has 4 rings (SSSR count). The second kappa shape index (κ2) is 8.68. The van der Waals surface area contributed by atoms with E-state index >= 15 is 0 Å². The van der Waals surface area contributed by atoms with Gasteiger partial charge < -0.3 is 5.32 Å². The number of carbonyl (C=O) groups excluding carboxylic acids is 3. The number of carbonyl (C=O) groups is 3. The first-order valence-electron chi connectivity index (χ1n) is 10.4. The van der Waals surface area contributed by atoms with Gasteiger partial charge in [-0.15, -0.1) is 0 Å². The summed E-state index contributed by atoms with van der Waals surface area (Å²) < 4.78 is 30.2. The average Bonchev–Trinajstić information content (AvgIpc) is 2.76. The molecule has 0 unspecified atom stereocenters. The van der Waals surface area contributed by atoms with Gasteiger partial charge in [-0.3, -0.25) is 19.1 Å². The van der Waals surface area contributed by atoms with Gasteiger partial charge in [0.1, 0.15) is 0 Å². The number of benzene rings is 2. The van der Waals surface area contributed by atoms with Gasteiger partial charge in [-0.05, 0) is 44.2 Å². The van der Waals surface area contributed by atoms with E-state index in [4.69, 9.17) is 0 Å². The van der Waals surface area contributed by atoms with E-state index in [2.05, 4.69) is 10.0 Å². The summed E-state index contributed by atoms with van der Waals surface area (Å²) >= 11 is 0. The minimum Gasteiger partial charge on any atom is -0.326 e. The van der Waals surface area contributed by atoms with Crippen molar-refractivity contribution < 1.29 is 27.4 Å². The molecule has 0 saturated heterocycles. The van der Waals surface area contributed by atoms with Crippen LogP contribution in [0.2, 0.25) is 0 Å². The van der Waals surface area contributed by atoms with Crippen molar-refractivity contribution in [3.63, 3.8) is 0 Å². The fourth-order valence-corrected chi connectivity index (χ4v) is 4.93. The number of hydrogen-bond donors (Lipinski definition) is 2. The maximum atomic E-state index is 13.5. The summed E-state index contributed by atoms with van der Waals surface area (Å²) in [6, 6.07) is 13.7. The number of aromatic nitrogens is 1. The second-order valence-corrected chi connectivity index (χ2v) is 9.72. The number of allylic oxidation sites excluding steroid dienone is 2. The van der Waals surface area contributed by atoms with Crippen LogP contribution in [-0.2, 0) is 14.8 Å². The molecule has 0 spiro atoms. The Morgan fingerprint density at radius 3 is 1.97 bits per heavy atom. The lowest BCUT2D eigenvalue weighted by Crippen LogP contribution is -2.45. The lowest BCUT2D eigenvalue weighted by atomic mass is 9.90. The zero-order valence-electron chi connectivity index (χ0n) is 18.7. The SMILES string of the molecule is CC(=O)Nc1ccc(S(=O)(=O)NC2=C([n+]3cc(C)cc(C)c3)C(=O)c3ccccc3C2=O)cc1. The molecular formula is C25H22N3O5S+. The van der Waals surface area contributed by atoms with Crippen LogP contribution in [0.5, 0.6) is 0 Å². The number of aryl methyl sites for hydroxylation is 2. The molecule has 8 nitrogen and oxygen atoms in total. The maximum Gasteiger partial charge on any atom is 0.287 e. The smallest absolute Gasteiger partial charge is 0.287 e. The van der Waals surface area contributed by atoms with Crippen molar-refractivity contribution in [2.45, 2.75) is 25.7 Å². The number of pyridine rings is 1. The van der Waals surface area contributed by atoms with Gasteiger partial charge in [0, 0.05) is 34.9 Å². The van der Waals surface area contributed by atoms with Crippen molar-refractivity contribution in [3.8, 4) is 0 Å². The first kappa shape index (κ1) is 23.1. The molecule has 0 aliphatic heterocycles. The Kier molecular flexibility index (Phi) is 5.89. The van der Waals surface area contributed by atoms with Gasteiger partial charge in [-0.1, -0.05) is 24.3 Å². The molecule has 1 aliphatic rings. The molecule has 34 heavy (non-hydrogen) atoms. The van der Waals surface area contributed by atoms with Gasteiger partial charge in [-0.25, -0.2) is 8.42 Å². The van der Waals surface area contributed by atoms with Crippen LogP contribution < -0.4 is 14.6 Å². The zero-order valence-corrected chi connectivity index (χ0v) is 19.6. The number of anilines is 1. The van der Waals surface area contributed by atoms with Crippen LogP contribution in [0, 0.1) is 13.8 Å². The predicted octanol–water partition coefficient (Wildman–Crippen LogP) is 2.78. The number of amides is 1. The molecule has 2 N–H and O–H groups in total. The van der Waals surface area contributed by atoms with Gasteiger partial charge >= 0.3 is 0 Å². The van der Waals surface area contributed by atoms with Crippen molar-refractivity contribution in [3.05, 3.63) is 94.9 Å². The molecule has 1 amide bonds. The molecular weight excluding hydrogens is 454 g/mol. The highest BCUT2D eigenvalue weighted by atomic mass is 32.2. The van der Waals surface area contributed by atoms with Gasteiger partial charge in [0.15, 0.2) is 18.1 Å². The fraction of sp³-hybridized carbons (Fsp3) is 0.120. The summed E-state index contributed by atoms with van der Waals surface area (Å²) in [6.45, 7) is 5.02. The highest BCUT2D eigenvalue weighted by Crippen LogP contribution is 2.27. The number of fused-ring (bicyclic) bond motifs is 1. The number of sulfonamides is 1. The molecule has 2 aromatic carbocycles. The average molecular weight is 477 g/mol. The highest BCUT2D eigenvalue weighted by molar-refractivity contribution is 7.89. The molecule has 0 bridgehead atoms. The van der Waals surface area contributed by atoms with E-state index in [9.17, 15) is 22.8 Å². The Morgan fingerprint density at radius 1 is 0.853 bits per heavy atom. The topological polar surface area (TPSA) is 113 Å². The van der Waals surface area contributed by atoms with Crippen LogP contribution in [-0.4, -0.2) is 25.9 Å². The van der Waals surface area contributed by atoms with Gasteiger partial charge in [0.05, 0.1) is 4.90 Å². The van der Waals surface area contributed by atoms with E-state index in [1.54, 1.807) is 30.6 Å². The minimum absolute atomic E-state index is 0.0751.